The molecule has 1 amide bonds. The third-order valence-electron chi connectivity index (χ3n) is 3.37. The molecule has 0 heterocycles. The van der Waals surface area contributed by atoms with Gasteiger partial charge in [-0.1, -0.05) is 18.2 Å². The van der Waals surface area contributed by atoms with E-state index in [0.29, 0.717) is 17.7 Å². The predicted octanol–water partition coefficient (Wildman–Crippen LogP) is 4.23. The van der Waals surface area contributed by atoms with Gasteiger partial charge in [0.25, 0.3) is 5.91 Å². The van der Waals surface area contributed by atoms with Crippen molar-refractivity contribution in [2.24, 2.45) is 0 Å². The highest BCUT2D eigenvalue weighted by Gasteiger charge is 2.37. The molecule has 0 saturated carbocycles. The second-order valence-corrected chi connectivity index (χ2v) is 5.40. The minimum absolute atomic E-state index is 0.0380. The van der Waals surface area contributed by atoms with Crippen LogP contribution in [0, 0.1) is 0 Å². The first-order chi connectivity index (χ1) is 12.5. The summed E-state index contributed by atoms with van der Waals surface area (Å²) in [4.78, 5) is 11.8. The lowest BCUT2D eigenvalue weighted by molar-refractivity contribution is -0.143. The van der Waals surface area contributed by atoms with Gasteiger partial charge in [0.2, 0.25) is 0 Å². The number of carbonyl (C=O) groups excluding carboxylic acids is 1. The first-order valence-corrected chi connectivity index (χ1v) is 7.41. The number of nitrogens with one attached hydrogen (secondary N) is 1. The summed E-state index contributed by atoms with van der Waals surface area (Å²) in [6.07, 6.45) is -10.0. The molecular weight excluding hydrogens is 380 g/mol. The Labute approximate surface area is 149 Å². The van der Waals surface area contributed by atoms with Crippen LogP contribution in [0.3, 0.4) is 0 Å². The van der Waals surface area contributed by atoms with Gasteiger partial charge in [-0.15, -0.1) is 0 Å². The van der Waals surface area contributed by atoms with Crippen molar-refractivity contribution >= 4 is 11.6 Å². The lowest BCUT2D eigenvalue weighted by Gasteiger charge is -2.15. The summed E-state index contributed by atoms with van der Waals surface area (Å²) in [5.74, 6) is -0.801. The Morgan fingerprint density at radius 2 is 1.52 bits per heavy atom. The van der Waals surface area contributed by atoms with Gasteiger partial charge in [0.1, 0.15) is 5.75 Å². The van der Waals surface area contributed by atoms with E-state index in [0.717, 1.165) is 0 Å². The maximum absolute atomic E-state index is 12.8. The van der Waals surface area contributed by atoms with Crippen LogP contribution >= 0.6 is 0 Å². The van der Waals surface area contributed by atoms with Crippen LogP contribution in [-0.4, -0.2) is 17.6 Å². The van der Waals surface area contributed by atoms with Crippen molar-refractivity contribution in [2.45, 2.75) is 19.0 Å². The van der Waals surface area contributed by atoms with Crippen molar-refractivity contribution in [3.8, 4) is 5.75 Å². The fraction of sp³-hybridized carbons (Fsp3) is 0.235. The van der Waals surface area contributed by atoms with E-state index in [1.165, 1.54) is 12.1 Å². The van der Waals surface area contributed by atoms with E-state index < -0.39 is 41.7 Å². The lowest BCUT2D eigenvalue weighted by atomic mass is 10.1. The normalized spacial score (nSPS) is 12.0. The second-order valence-electron chi connectivity index (χ2n) is 5.40. The summed E-state index contributed by atoms with van der Waals surface area (Å²) >= 11 is 0. The highest BCUT2D eigenvalue weighted by Crippen LogP contribution is 2.37. The maximum atomic E-state index is 12.8. The second kappa shape index (κ2) is 7.87. The molecule has 0 unspecified atom stereocenters. The molecule has 10 heteroatoms. The molecule has 0 bridgehead atoms. The van der Waals surface area contributed by atoms with Gasteiger partial charge < -0.3 is 15.2 Å². The lowest BCUT2D eigenvalue weighted by Crippen LogP contribution is -2.21. The van der Waals surface area contributed by atoms with E-state index >= 15 is 0 Å². The number of para-hydroxylation sites is 1. The molecule has 0 aromatic heterocycles. The first kappa shape index (κ1) is 20.6. The van der Waals surface area contributed by atoms with Gasteiger partial charge in [0, 0.05) is 11.3 Å². The highest BCUT2D eigenvalue weighted by molar-refractivity contribution is 5.92. The molecule has 0 aliphatic heterocycles. The monoisotopic (exact) mass is 393 g/mol. The van der Waals surface area contributed by atoms with Gasteiger partial charge >= 0.3 is 12.4 Å². The van der Waals surface area contributed by atoms with Gasteiger partial charge in [-0.25, -0.2) is 0 Å². The van der Waals surface area contributed by atoms with Gasteiger partial charge in [0.15, 0.2) is 6.61 Å². The van der Waals surface area contributed by atoms with Gasteiger partial charge in [-0.3, -0.25) is 4.79 Å². The number of ether oxygens (including phenoxy) is 1. The first-order valence-electron chi connectivity index (χ1n) is 7.41. The summed E-state index contributed by atoms with van der Waals surface area (Å²) in [6, 6.07) is 6.91. The number of halogens is 6. The summed E-state index contributed by atoms with van der Waals surface area (Å²) < 4.78 is 81.9. The molecule has 0 atom stereocenters. The number of amides is 1. The maximum Gasteiger partial charge on any atom is 0.416 e. The fourth-order valence-electron chi connectivity index (χ4n) is 2.14. The molecule has 27 heavy (non-hydrogen) atoms. The number of hydrogen-bond donors (Lipinski definition) is 2. The van der Waals surface area contributed by atoms with Crippen LogP contribution in [0.1, 0.15) is 16.7 Å². The number of aliphatic hydroxyl groups is 1. The molecule has 0 spiro atoms. The average molecular weight is 393 g/mol. The molecular formula is C17H13F6NO3. The van der Waals surface area contributed by atoms with Gasteiger partial charge in [0.05, 0.1) is 17.7 Å². The summed E-state index contributed by atoms with van der Waals surface area (Å²) in [5, 5.41) is 11.1. The Bertz CT molecular complexity index is 785. The van der Waals surface area contributed by atoms with Crippen LogP contribution < -0.4 is 10.1 Å². The largest absolute Gasteiger partial charge is 0.483 e. The van der Waals surface area contributed by atoms with E-state index in [2.05, 4.69) is 0 Å². The van der Waals surface area contributed by atoms with Crippen LogP contribution in [0.4, 0.5) is 32.0 Å². The van der Waals surface area contributed by atoms with E-state index in [4.69, 9.17) is 9.84 Å². The zero-order valence-corrected chi connectivity index (χ0v) is 13.5. The van der Waals surface area contributed by atoms with Crippen LogP contribution in [0.5, 0.6) is 5.75 Å². The minimum Gasteiger partial charge on any atom is -0.483 e. The molecule has 2 aromatic rings. The molecule has 4 nitrogen and oxygen atoms in total. The van der Waals surface area contributed by atoms with Gasteiger partial charge in [-0.2, -0.15) is 26.3 Å². The predicted molar refractivity (Wildman–Crippen MR) is 82.9 cm³/mol. The third-order valence-corrected chi connectivity index (χ3v) is 3.37. The van der Waals surface area contributed by atoms with E-state index in [-0.39, 0.29) is 18.4 Å². The van der Waals surface area contributed by atoms with Crippen LogP contribution in [0.25, 0.3) is 0 Å². The van der Waals surface area contributed by atoms with Crippen molar-refractivity contribution in [1.29, 1.82) is 0 Å². The van der Waals surface area contributed by atoms with E-state index in [9.17, 15) is 31.1 Å². The van der Waals surface area contributed by atoms with Gasteiger partial charge in [-0.05, 0) is 24.3 Å². The van der Waals surface area contributed by atoms with Crippen LogP contribution in [0.2, 0.25) is 0 Å². The van der Waals surface area contributed by atoms with Crippen molar-refractivity contribution < 1.29 is 41.0 Å². The van der Waals surface area contributed by atoms with Crippen LogP contribution in [0.15, 0.2) is 42.5 Å². The topological polar surface area (TPSA) is 58.6 Å². The van der Waals surface area contributed by atoms with E-state index in [1.54, 1.807) is 12.1 Å². The number of hydrogen-bond acceptors (Lipinski definition) is 3. The number of alkyl halides is 6. The zero-order chi connectivity index (χ0) is 20.2. The molecule has 2 N–H and O–H groups in total. The Hall–Kier alpha value is -2.75. The summed E-state index contributed by atoms with van der Waals surface area (Å²) in [6.45, 7) is -1.05. The Morgan fingerprint density at radius 3 is 2.04 bits per heavy atom. The molecule has 0 aliphatic carbocycles. The molecule has 0 radical (unpaired) electrons. The highest BCUT2D eigenvalue weighted by atomic mass is 19.4. The number of aliphatic hydroxyl groups excluding tert-OH is 1. The minimum atomic E-state index is -5.02. The SMILES string of the molecule is O=C(COc1ccccc1CO)Nc1cc(C(F)(F)F)cc(C(F)(F)F)c1. The number of rotatable bonds is 5. The molecule has 0 saturated heterocycles. The molecule has 0 fully saturated rings. The molecule has 2 aromatic carbocycles. The number of anilines is 1. The average Bonchev–Trinajstić information content (AvgIpc) is 2.58. The van der Waals surface area contributed by atoms with Crippen molar-refractivity contribution in [1.82, 2.24) is 0 Å². The standard InChI is InChI=1S/C17H13F6NO3/c18-16(19,20)11-5-12(17(21,22)23)7-13(6-11)24-15(26)9-27-14-4-2-1-3-10(14)8-25/h1-7,25H,8-9H2,(H,24,26). The quantitative estimate of drug-likeness (QED) is 0.748. The Kier molecular flexibility index (Phi) is 5.99. The molecule has 0 aliphatic rings. The fourth-order valence-corrected chi connectivity index (χ4v) is 2.14. The zero-order valence-electron chi connectivity index (χ0n) is 13.5. The van der Waals surface area contributed by atoms with Crippen molar-refractivity contribution in [2.75, 3.05) is 11.9 Å². The van der Waals surface area contributed by atoms with Crippen molar-refractivity contribution in [3.63, 3.8) is 0 Å². The number of carbonyl (C=O) groups is 1. The third kappa shape index (κ3) is 5.61. The smallest absolute Gasteiger partial charge is 0.416 e. The number of benzene rings is 2. The molecule has 146 valence electrons. The van der Waals surface area contributed by atoms with Crippen molar-refractivity contribution in [3.05, 3.63) is 59.2 Å². The van der Waals surface area contributed by atoms with Crippen LogP contribution in [-0.2, 0) is 23.8 Å². The van der Waals surface area contributed by atoms with E-state index in [1.807, 2.05) is 5.32 Å². The summed E-state index contributed by atoms with van der Waals surface area (Å²) in [5.41, 5.74) is -3.39. The molecule has 2 rings (SSSR count). The Morgan fingerprint density at radius 1 is 0.963 bits per heavy atom. The summed E-state index contributed by atoms with van der Waals surface area (Å²) in [7, 11) is 0. The Balaban J connectivity index is 2.17.